The minimum absolute atomic E-state index is 0.160. The number of hydrogen-bond donors (Lipinski definition) is 3. The highest BCUT2D eigenvalue weighted by Crippen LogP contribution is 2.33. The van der Waals surface area contributed by atoms with Crippen LogP contribution in [0.25, 0.3) is 21.3 Å². The van der Waals surface area contributed by atoms with Gasteiger partial charge in [-0.1, -0.05) is 6.07 Å². The lowest BCUT2D eigenvalue weighted by molar-refractivity contribution is 0.0959. The number of nitrogens with one attached hydrogen (secondary N) is 2. The molecule has 1 saturated heterocycles. The molecule has 174 valence electrons. The van der Waals surface area contributed by atoms with Gasteiger partial charge in [-0.05, 0) is 43.2 Å². The molecule has 0 saturated carbocycles. The number of thiophene rings is 1. The van der Waals surface area contributed by atoms with E-state index in [2.05, 4.69) is 48.7 Å². The molecule has 4 aromatic rings. The van der Waals surface area contributed by atoms with E-state index in [0.717, 1.165) is 58.8 Å². The minimum atomic E-state index is -0.160. The first-order valence-electron chi connectivity index (χ1n) is 11.4. The van der Waals surface area contributed by atoms with Crippen LogP contribution >= 0.6 is 11.3 Å². The van der Waals surface area contributed by atoms with Crippen molar-refractivity contribution >= 4 is 38.8 Å². The van der Waals surface area contributed by atoms with E-state index in [1.807, 2.05) is 31.5 Å². The van der Waals surface area contributed by atoms with Crippen LogP contribution in [0.1, 0.15) is 20.9 Å². The zero-order valence-corrected chi connectivity index (χ0v) is 19.9. The van der Waals surface area contributed by atoms with Gasteiger partial charge < -0.3 is 21.3 Å². The number of aromatic nitrogens is 3. The van der Waals surface area contributed by atoms with Gasteiger partial charge in [0.2, 0.25) is 0 Å². The summed E-state index contributed by atoms with van der Waals surface area (Å²) in [5, 5.41) is 7.26. The predicted molar refractivity (Wildman–Crippen MR) is 137 cm³/mol. The Morgan fingerprint density at radius 3 is 2.76 bits per heavy atom. The zero-order chi connectivity index (χ0) is 23.5. The van der Waals surface area contributed by atoms with Crippen molar-refractivity contribution in [2.75, 3.05) is 43.4 Å². The van der Waals surface area contributed by atoms with Crippen molar-refractivity contribution < 1.29 is 4.79 Å². The van der Waals surface area contributed by atoms with E-state index in [1.54, 1.807) is 6.33 Å². The molecule has 1 aromatic carbocycles. The van der Waals surface area contributed by atoms with Crippen molar-refractivity contribution in [1.82, 2.24) is 25.6 Å². The molecule has 0 aliphatic carbocycles. The van der Waals surface area contributed by atoms with E-state index >= 15 is 0 Å². The van der Waals surface area contributed by atoms with Gasteiger partial charge in [-0.25, -0.2) is 15.0 Å². The minimum Gasteiger partial charge on any atom is -0.397 e. The molecular weight excluding hydrogens is 446 g/mol. The third kappa shape index (κ3) is 4.57. The van der Waals surface area contributed by atoms with Crippen LogP contribution in [0.2, 0.25) is 0 Å². The van der Waals surface area contributed by atoms with Crippen LogP contribution in [0.15, 0.2) is 49.1 Å². The third-order valence-corrected chi connectivity index (χ3v) is 7.14. The molecule has 0 radical (unpaired) electrons. The first-order valence-corrected chi connectivity index (χ1v) is 12.2. The second kappa shape index (κ2) is 9.74. The Bertz CT molecular complexity index is 1320. The molecule has 9 heteroatoms. The molecule has 5 rings (SSSR count). The highest BCUT2D eigenvalue weighted by atomic mass is 32.1. The molecule has 34 heavy (non-hydrogen) atoms. The quantitative estimate of drug-likeness (QED) is 0.395. The summed E-state index contributed by atoms with van der Waals surface area (Å²) < 4.78 is 0. The summed E-state index contributed by atoms with van der Waals surface area (Å²) in [4.78, 5) is 29.4. The summed E-state index contributed by atoms with van der Waals surface area (Å²) >= 11 is 1.34. The van der Waals surface area contributed by atoms with Crippen molar-refractivity contribution in [1.29, 1.82) is 0 Å². The number of rotatable bonds is 6. The molecule has 0 spiro atoms. The van der Waals surface area contributed by atoms with Crippen LogP contribution in [0.4, 0.5) is 11.4 Å². The van der Waals surface area contributed by atoms with Crippen molar-refractivity contribution in [3.63, 3.8) is 0 Å². The first-order chi connectivity index (χ1) is 16.6. The van der Waals surface area contributed by atoms with Crippen LogP contribution in [-0.2, 0) is 6.42 Å². The fourth-order valence-corrected chi connectivity index (χ4v) is 5.30. The Balaban J connectivity index is 1.32. The summed E-state index contributed by atoms with van der Waals surface area (Å²) in [7, 11) is 0. The van der Waals surface area contributed by atoms with Crippen molar-refractivity contribution in [2.45, 2.75) is 13.3 Å². The van der Waals surface area contributed by atoms with E-state index in [0.29, 0.717) is 23.5 Å². The topological polar surface area (TPSA) is 109 Å². The lowest BCUT2D eigenvalue weighted by Crippen LogP contribution is -2.43. The van der Waals surface area contributed by atoms with Crippen molar-refractivity contribution in [2.24, 2.45) is 0 Å². The number of pyridine rings is 1. The smallest absolute Gasteiger partial charge is 0.263 e. The van der Waals surface area contributed by atoms with Gasteiger partial charge in [0.15, 0.2) is 0 Å². The van der Waals surface area contributed by atoms with Gasteiger partial charge in [-0.15, -0.1) is 11.3 Å². The van der Waals surface area contributed by atoms with E-state index in [-0.39, 0.29) is 5.91 Å². The molecule has 1 aliphatic rings. The maximum atomic E-state index is 12.8. The number of piperazine rings is 1. The normalized spacial score (nSPS) is 13.9. The second-order valence-electron chi connectivity index (χ2n) is 8.37. The molecule has 3 aromatic heterocycles. The van der Waals surface area contributed by atoms with Gasteiger partial charge in [0.05, 0.1) is 5.69 Å². The highest BCUT2D eigenvalue weighted by Gasteiger charge is 2.18. The number of carbonyl (C=O) groups excluding carboxylic acids is 1. The Labute approximate surface area is 202 Å². The number of carbonyl (C=O) groups is 1. The number of anilines is 2. The van der Waals surface area contributed by atoms with Gasteiger partial charge in [-0.3, -0.25) is 4.79 Å². The fraction of sp³-hybridized carbons (Fsp3) is 0.280. The maximum absolute atomic E-state index is 12.8. The number of nitrogens with zero attached hydrogens (tertiary/aromatic N) is 4. The summed E-state index contributed by atoms with van der Waals surface area (Å²) in [5.41, 5.74) is 12.1. The average Bonchev–Trinajstić information content (AvgIpc) is 3.20. The van der Waals surface area contributed by atoms with Crippen LogP contribution in [0.3, 0.4) is 0 Å². The average molecular weight is 474 g/mol. The van der Waals surface area contributed by atoms with Crippen LogP contribution < -0.4 is 21.3 Å². The van der Waals surface area contributed by atoms with Crippen molar-refractivity contribution in [3.8, 4) is 11.1 Å². The highest BCUT2D eigenvalue weighted by molar-refractivity contribution is 7.21. The largest absolute Gasteiger partial charge is 0.397 e. The summed E-state index contributed by atoms with van der Waals surface area (Å²) in [5.74, 6) is -0.160. The Kier molecular flexibility index (Phi) is 6.37. The maximum Gasteiger partial charge on any atom is 0.263 e. The van der Waals surface area contributed by atoms with Gasteiger partial charge in [0.25, 0.3) is 5.91 Å². The van der Waals surface area contributed by atoms with Gasteiger partial charge >= 0.3 is 0 Å². The lowest BCUT2D eigenvalue weighted by atomic mass is 10.0. The summed E-state index contributed by atoms with van der Waals surface area (Å²) in [6.07, 6.45) is 5.94. The standard InChI is InChI=1S/C25H27N7OS/c1-16-2-4-19-22(26)23(34-25(19)31-16)24(33)30-7-6-17-3-5-21(32-10-8-27-9-11-32)20(12-17)18-13-28-15-29-14-18/h2-5,12-15,27H,6-11,26H2,1H3,(H,30,33). The predicted octanol–water partition coefficient (Wildman–Crippen LogP) is 3.03. The number of amides is 1. The molecule has 1 fully saturated rings. The summed E-state index contributed by atoms with van der Waals surface area (Å²) in [6, 6.07) is 10.3. The van der Waals surface area contributed by atoms with E-state index in [9.17, 15) is 4.79 Å². The van der Waals surface area contributed by atoms with E-state index in [4.69, 9.17) is 5.73 Å². The van der Waals surface area contributed by atoms with E-state index < -0.39 is 0 Å². The third-order valence-electron chi connectivity index (χ3n) is 6.03. The fourth-order valence-electron chi connectivity index (χ4n) is 4.25. The molecule has 8 nitrogen and oxygen atoms in total. The zero-order valence-electron chi connectivity index (χ0n) is 19.0. The molecule has 0 unspecified atom stereocenters. The first kappa shape index (κ1) is 22.2. The van der Waals surface area contributed by atoms with Crippen molar-refractivity contribution in [3.05, 3.63) is 65.2 Å². The molecule has 4 N–H and O–H groups in total. The van der Waals surface area contributed by atoms with Gasteiger partial charge in [0.1, 0.15) is 16.0 Å². The SMILES string of the molecule is Cc1ccc2c(N)c(C(=O)NCCc3ccc(N4CCNCC4)c(-c4cncnc4)c3)sc2n1. The lowest BCUT2D eigenvalue weighted by Gasteiger charge is -2.31. The van der Waals surface area contributed by atoms with Crippen LogP contribution in [0.5, 0.6) is 0 Å². The van der Waals surface area contributed by atoms with Crippen LogP contribution in [-0.4, -0.2) is 53.6 Å². The van der Waals surface area contributed by atoms with Gasteiger partial charge in [0, 0.05) is 73.0 Å². The molecule has 1 amide bonds. The van der Waals surface area contributed by atoms with E-state index in [1.165, 1.54) is 17.0 Å². The van der Waals surface area contributed by atoms with Gasteiger partial charge in [-0.2, -0.15) is 0 Å². The number of aryl methyl sites for hydroxylation is 1. The number of hydrogen-bond acceptors (Lipinski definition) is 8. The Morgan fingerprint density at radius 1 is 1.18 bits per heavy atom. The molecular formula is C25H27N7OS. The Hall–Kier alpha value is -3.56. The monoisotopic (exact) mass is 473 g/mol. The molecule has 0 atom stereocenters. The number of fused-ring (bicyclic) bond motifs is 1. The number of benzene rings is 1. The number of nitrogens with two attached hydrogens (primary N) is 1. The van der Waals surface area contributed by atoms with Crippen LogP contribution in [0, 0.1) is 6.92 Å². The summed E-state index contributed by atoms with van der Waals surface area (Å²) in [6.45, 7) is 6.29. The second-order valence-corrected chi connectivity index (χ2v) is 9.37. The molecule has 0 bridgehead atoms. The molecule has 4 heterocycles. The Morgan fingerprint density at radius 2 is 1.97 bits per heavy atom. The number of nitrogen functional groups attached to an aromatic ring is 1. The molecule has 1 aliphatic heterocycles.